The number of rotatable bonds is 4. The van der Waals surface area contributed by atoms with E-state index in [0.717, 1.165) is 5.56 Å². The van der Waals surface area contributed by atoms with Crippen molar-refractivity contribution in [2.24, 2.45) is 0 Å². The smallest absolute Gasteiger partial charge is 0.408 e. The number of nitrogens with zero attached hydrogens (tertiary/aromatic N) is 1. The summed E-state index contributed by atoms with van der Waals surface area (Å²) < 4.78 is 10.1. The molecule has 6 nitrogen and oxygen atoms in total. The van der Waals surface area contributed by atoms with E-state index in [9.17, 15) is 4.79 Å². The third-order valence-electron chi connectivity index (χ3n) is 2.83. The standard InChI is InChI=1S/C17H17N3O3/c1-22-16-15(18)10-9-14(20-16)8-5-11-19-17(21)23-12-13-6-3-2-4-7-13/h2-4,6-7,9-10H,11-12,18H2,1H3,(H,19,21). The molecule has 2 aromatic rings. The van der Waals surface area contributed by atoms with Crippen LogP contribution in [0.1, 0.15) is 11.3 Å². The lowest BCUT2D eigenvalue weighted by atomic mass is 10.2. The number of carbonyl (C=O) groups is 1. The first kappa shape index (κ1) is 16.2. The highest BCUT2D eigenvalue weighted by Gasteiger charge is 2.01. The minimum absolute atomic E-state index is 0.155. The first-order valence-corrected chi connectivity index (χ1v) is 6.93. The summed E-state index contributed by atoms with van der Waals surface area (Å²) in [6, 6.07) is 12.8. The zero-order valence-corrected chi connectivity index (χ0v) is 12.7. The van der Waals surface area contributed by atoms with Crippen LogP contribution in [-0.2, 0) is 11.3 Å². The Morgan fingerprint density at radius 1 is 1.26 bits per heavy atom. The predicted molar refractivity (Wildman–Crippen MR) is 86.7 cm³/mol. The topological polar surface area (TPSA) is 86.5 Å². The molecule has 1 aromatic carbocycles. The second-order valence-corrected chi connectivity index (χ2v) is 4.51. The van der Waals surface area contributed by atoms with E-state index in [2.05, 4.69) is 22.1 Å². The average molecular weight is 311 g/mol. The Hall–Kier alpha value is -3.20. The van der Waals surface area contributed by atoms with Crippen molar-refractivity contribution in [1.82, 2.24) is 10.3 Å². The van der Waals surface area contributed by atoms with Gasteiger partial charge in [-0.05, 0) is 23.6 Å². The van der Waals surface area contributed by atoms with Gasteiger partial charge in [-0.25, -0.2) is 9.78 Å². The number of alkyl carbamates (subject to hydrolysis) is 1. The fourth-order valence-corrected chi connectivity index (χ4v) is 1.71. The summed E-state index contributed by atoms with van der Waals surface area (Å²) in [5, 5.41) is 2.54. The predicted octanol–water partition coefficient (Wildman–Crippen LogP) is 1.95. The summed E-state index contributed by atoms with van der Waals surface area (Å²) in [5.74, 6) is 5.92. The third-order valence-corrected chi connectivity index (χ3v) is 2.83. The molecule has 0 bridgehead atoms. The van der Waals surface area contributed by atoms with Crippen LogP contribution < -0.4 is 15.8 Å². The molecule has 118 valence electrons. The van der Waals surface area contributed by atoms with E-state index in [1.54, 1.807) is 12.1 Å². The maximum atomic E-state index is 11.5. The van der Waals surface area contributed by atoms with E-state index in [1.807, 2.05) is 30.3 Å². The molecular formula is C17H17N3O3. The first-order chi connectivity index (χ1) is 11.2. The summed E-state index contributed by atoms with van der Waals surface area (Å²) in [6.07, 6.45) is -0.522. The summed E-state index contributed by atoms with van der Waals surface area (Å²) >= 11 is 0. The van der Waals surface area contributed by atoms with Crippen LogP contribution in [0.25, 0.3) is 0 Å². The van der Waals surface area contributed by atoms with Gasteiger partial charge in [-0.3, -0.25) is 0 Å². The van der Waals surface area contributed by atoms with Crippen LogP contribution in [-0.4, -0.2) is 24.7 Å². The number of nitrogens with two attached hydrogens (primary N) is 1. The Bertz CT molecular complexity index is 721. The quantitative estimate of drug-likeness (QED) is 0.843. The third kappa shape index (κ3) is 5.25. The Balaban J connectivity index is 1.77. The van der Waals surface area contributed by atoms with E-state index in [-0.39, 0.29) is 13.2 Å². The molecule has 0 aliphatic heterocycles. The number of nitrogen functional groups attached to an aromatic ring is 1. The molecule has 1 aromatic heterocycles. The lowest BCUT2D eigenvalue weighted by Crippen LogP contribution is -2.24. The number of benzene rings is 1. The highest BCUT2D eigenvalue weighted by atomic mass is 16.5. The summed E-state index contributed by atoms with van der Waals surface area (Å²) in [7, 11) is 1.49. The number of methoxy groups -OCH3 is 1. The molecule has 0 fully saturated rings. The monoisotopic (exact) mass is 311 g/mol. The molecule has 3 N–H and O–H groups in total. The summed E-state index contributed by atoms with van der Waals surface area (Å²) in [6.45, 7) is 0.374. The Morgan fingerprint density at radius 3 is 2.78 bits per heavy atom. The Kier molecular flexibility index (Phi) is 5.83. The highest BCUT2D eigenvalue weighted by molar-refractivity contribution is 5.67. The summed E-state index contributed by atoms with van der Waals surface area (Å²) in [5.41, 5.74) is 7.54. The zero-order chi connectivity index (χ0) is 16.5. The molecule has 0 aliphatic carbocycles. The molecule has 0 spiro atoms. The van der Waals surface area contributed by atoms with Crippen molar-refractivity contribution in [3.05, 3.63) is 53.7 Å². The second-order valence-electron chi connectivity index (χ2n) is 4.51. The average Bonchev–Trinajstić information content (AvgIpc) is 2.59. The Labute approximate surface area is 134 Å². The number of nitrogens with one attached hydrogen (secondary N) is 1. The molecule has 0 aliphatic rings. The van der Waals surface area contributed by atoms with Gasteiger partial charge in [0, 0.05) is 0 Å². The largest absolute Gasteiger partial charge is 0.479 e. The van der Waals surface area contributed by atoms with Crippen molar-refractivity contribution in [2.75, 3.05) is 19.4 Å². The molecule has 6 heteroatoms. The van der Waals surface area contributed by atoms with Crippen molar-refractivity contribution in [1.29, 1.82) is 0 Å². The van der Waals surface area contributed by atoms with Gasteiger partial charge < -0.3 is 20.5 Å². The number of pyridine rings is 1. The van der Waals surface area contributed by atoms with Gasteiger partial charge in [-0.15, -0.1) is 0 Å². The molecular weight excluding hydrogens is 294 g/mol. The molecule has 0 radical (unpaired) electrons. The highest BCUT2D eigenvalue weighted by Crippen LogP contribution is 2.16. The van der Waals surface area contributed by atoms with Crippen molar-refractivity contribution in [3.63, 3.8) is 0 Å². The van der Waals surface area contributed by atoms with E-state index in [4.69, 9.17) is 15.2 Å². The van der Waals surface area contributed by atoms with E-state index < -0.39 is 6.09 Å². The molecule has 0 saturated heterocycles. The molecule has 0 unspecified atom stereocenters. The van der Waals surface area contributed by atoms with E-state index in [1.165, 1.54) is 7.11 Å². The van der Waals surface area contributed by atoms with Gasteiger partial charge >= 0.3 is 6.09 Å². The van der Waals surface area contributed by atoms with Crippen LogP contribution in [0.3, 0.4) is 0 Å². The van der Waals surface area contributed by atoms with Gasteiger partial charge in [0.1, 0.15) is 12.3 Å². The van der Waals surface area contributed by atoms with Crippen LogP contribution in [0.2, 0.25) is 0 Å². The number of aromatic nitrogens is 1. The maximum Gasteiger partial charge on any atom is 0.408 e. The summed E-state index contributed by atoms with van der Waals surface area (Å²) in [4.78, 5) is 15.6. The van der Waals surface area contributed by atoms with Gasteiger partial charge in [-0.2, -0.15) is 0 Å². The van der Waals surface area contributed by atoms with Crippen LogP contribution in [0.15, 0.2) is 42.5 Å². The number of hydrogen-bond donors (Lipinski definition) is 2. The van der Waals surface area contributed by atoms with Crippen molar-refractivity contribution < 1.29 is 14.3 Å². The fraction of sp³-hybridized carbons (Fsp3) is 0.176. The van der Waals surface area contributed by atoms with Crippen LogP contribution in [0.4, 0.5) is 10.5 Å². The molecule has 1 heterocycles. The normalized spacial score (nSPS) is 9.43. The van der Waals surface area contributed by atoms with Crippen molar-refractivity contribution in [2.45, 2.75) is 6.61 Å². The zero-order valence-electron chi connectivity index (χ0n) is 12.7. The molecule has 23 heavy (non-hydrogen) atoms. The van der Waals surface area contributed by atoms with Gasteiger partial charge in [0.2, 0.25) is 5.88 Å². The van der Waals surface area contributed by atoms with Gasteiger partial charge in [-0.1, -0.05) is 36.3 Å². The van der Waals surface area contributed by atoms with Crippen molar-refractivity contribution >= 4 is 11.8 Å². The second kappa shape index (κ2) is 8.29. The number of hydrogen-bond acceptors (Lipinski definition) is 5. The van der Waals surface area contributed by atoms with Gasteiger partial charge in [0.15, 0.2) is 0 Å². The Morgan fingerprint density at radius 2 is 2.04 bits per heavy atom. The lowest BCUT2D eigenvalue weighted by Gasteiger charge is -2.04. The van der Waals surface area contributed by atoms with Gasteiger partial charge in [0.25, 0.3) is 0 Å². The number of carbonyl (C=O) groups excluding carboxylic acids is 1. The number of ether oxygens (including phenoxy) is 2. The molecule has 0 saturated carbocycles. The molecule has 1 amide bonds. The van der Waals surface area contributed by atoms with Crippen molar-refractivity contribution in [3.8, 4) is 17.7 Å². The van der Waals surface area contributed by atoms with Gasteiger partial charge in [0.05, 0.1) is 19.3 Å². The molecule has 2 rings (SSSR count). The minimum atomic E-state index is -0.522. The minimum Gasteiger partial charge on any atom is -0.479 e. The fourth-order valence-electron chi connectivity index (χ4n) is 1.71. The van der Waals surface area contributed by atoms with Crippen LogP contribution >= 0.6 is 0 Å². The lowest BCUT2D eigenvalue weighted by molar-refractivity contribution is 0.141. The van der Waals surface area contributed by atoms with Crippen LogP contribution in [0, 0.1) is 11.8 Å². The van der Waals surface area contributed by atoms with E-state index in [0.29, 0.717) is 17.3 Å². The number of anilines is 1. The maximum absolute atomic E-state index is 11.5. The first-order valence-electron chi connectivity index (χ1n) is 6.93. The molecule has 0 atom stereocenters. The SMILES string of the molecule is COc1nc(C#CCNC(=O)OCc2ccccc2)ccc1N. The van der Waals surface area contributed by atoms with E-state index >= 15 is 0 Å². The number of amides is 1. The van der Waals surface area contributed by atoms with Crippen LogP contribution in [0.5, 0.6) is 5.88 Å².